The quantitative estimate of drug-likeness (QED) is 0.858. The Kier molecular flexibility index (Phi) is 3.33. The number of fused-ring (bicyclic) bond motifs is 1. The number of amides is 1. The van der Waals surface area contributed by atoms with Gasteiger partial charge in [0.2, 0.25) is 0 Å². The van der Waals surface area contributed by atoms with Crippen LogP contribution >= 0.6 is 0 Å². The monoisotopic (exact) mass is 280 g/mol. The van der Waals surface area contributed by atoms with E-state index in [1.54, 1.807) is 36.4 Å². The van der Waals surface area contributed by atoms with E-state index in [2.05, 4.69) is 11.2 Å². The minimum absolute atomic E-state index is 0.110. The number of hydrogen-bond acceptors (Lipinski definition) is 2. The summed E-state index contributed by atoms with van der Waals surface area (Å²) in [5.41, 5.74) is 1.62. The average molecular weight is 280 g/mol. The first-order valence-corrected chi connectivity index (χ1v) is 6.57. The number of terminal acetylenes is 1. The van der Waals surface area contributed by atoms with Gasteiger partial charge in [0.05, 0.1) is 12.1 Å². The molecule has 1 aliphatic rings. The summed E-state index contributed by atoms with van der Waals surface area (Å²) in [5.74, 6) is 1.89. The summed E-state index contributed by atoms with van der Waals surface area (Å²) in [4.78, 5) is 14.0. The van der Waals surface area contributed by atoms with Crippen molar-refractivity contribution in [2.75, 3.05) is 11.9 Å². The largest absolute Gasteiger partial charge is 0.361 e. The van der Waals surface area contributed by atoms with Gasteiger partial charge in [-0.1, -0.05) is 36.3 Å². The second kappa shape index (κ2) is 5.29. The third kappa shape index (κ3) is 2.23. The molecule has 3 rings (SSSR count). The van der Waals surface area contributed by atoms with Crippen molar-refractivity contribution in [3.63, 3.8) is 0 Å². The maximum atomic E-state index is 14.1. The predicted molar refractivity (Wildman–Crippen MR) is 79.1 cm³/mol. The van der Waals surface area contributed by atoms with Crippen molar-refractivity contribution < 1.29 is 9.18 Å². The zero-order chi connectivity index (χ0) is 14.8. The molecule has 0 saturated heterocycles. The van der Waals surface area contributed by atoms with Crippen LogP contribution in [0.3, 0.4) is 0 Å². The lowest BCUT2D eigenvalue weighted by molar-refractivity contribution is 0.0709. The number of anilines is 1. The normalized spacial score (nSPS) is 16.9. The van der Waals surface area contributed by atoms with Gasteiger partial charge >= 0.3 is 0 Å². The summed E-state index contributed by atoms with van der Waals surface area (Å²) < 4.78 is 14.1. The van der Waals surface area contributed by atoms with Gasteiger partial charge < -0.3 is 10.2 Å². The van der Waals surface area contributed by atoms with Crippen LogP contribution in [0.2, 0.25) is 0 Å². The van der Waals surface area contributed by atoms with E-state index in [-0.39, 0.29) is 18.3 Å². The summed E-state index contributed by atoms with van der Waals surface area (Å²) >= 11 is 0. The molecule has 0 saturated carbocycles. The second-order valence-electron chi connectivity index (χ2n) is 4.75. The van der Waals surface area contributed by atoms with Crippen molar-refractivity contribution in [2.45, 2.75) is 6.17 Å². The minimum atomic E-state index is -0.607. The molecule has 21 heavy (non-hydrogen) atoms. The number of nitrogens with zero attached hydrogens (tertiary/aromatic N) is 1. The number of para-hydroxylation sites is 1. The van der Waals surface area contributed by atoms with Gasteiger partial charge in [0.25, 0.3) is 5.91 Å². The summed E-state index contributed by atoms with van der Waals surface area (Å²) in [6.45, 7) is 0.110. The van der Waals surface area contributed by atoms with Crippen molar-refractivity contribution >= 4 is 11.6 Å². The first kappa shape index (κ1) is 13.2. The zero-order valence-corrected chi connectivity index (χ0v) is 11.2. The Hall–Kier alpha value is -2.80. The molecule has 104 valence electrons. The molecule has 1 aliphatic heterocycles. The fourth-order valence-electron chi connectivity index (χ4n) is 2.50. The SMILES string of the molecule is C#CCN1C(=O)c2ccccc2NC1c1ccccc1F. The molecule has 0 radical (unpaired) electrons. The first-order valence-electron chi connectivity index (χ1n) is 6.57. The molecule has 0 aliphatic carbocycles. The minimum Gasteiger partial charge on any atom is -0.361 e. The third-order valence-electron chi connectivity index (χ3n) is 3.48. The molecule has 1 N–H and O–H groups in total. The molecule has 0 bridgehead atoms. The highest BCUT2D eigenvalue weighted by Gasteiger charge is 2.33. The first-order chi connectivity index (χ1) is 10.2. The third-order valence-corrected chi connectivity index (χ3v) is 3.48. The Morgan fingerprint density at radius 3 is 2.67 bits per heavy atom. The van der Waals surface area contributed by atoms with E-state index in [1.165, 1.54) is 11.0 Å². The number of benzene rings is 2. The second-order valence-corrected chi connectivity index (χ2v) is 4.75. The fraction of sp³-hybridized carbons (Fsp3) is 0.118. The van der Waals surface area contributed by atoms with E-state index >= 15 is 0 Å². The molecule has 1 atom stereocenters. The lowest BCUT2D eigenvalue weighted by atomic mass is 10.0. The Labute approximate surface area is 122 Å². The summed E-state index contributed by atoms with van der Waals surface area (Å²) in [6.07, 6.45) is 4.75. The van der Waals surface area contributed by atoms with Gasteiger partial charge in [-0.3, -0.25) is 4.79 Å². The number of halogens is 1. The number of rotatable bonds is 2. The van der Waals surface area contributed by atoms with Crippen molar-refractivity contribution in [3.8, 4) is 12.3 Å². The lowest BCUT2D eigenvalue weighted by Crippen LogP contribution is -2.43. The Balaban J connectivity index is 2.10. The van der Waals surface area contributed by atoms with E-state index in [4.69, 9.17) is 6.42 Å². The number of hydrogen-bond donors (Lipinski definition) is 1. The topological polar surface area (TPSA) is 32.3 Å². The van der Waals surface area contributed by atoms with Crippen LogP contribution in [0.15, 0.2) is 48.5 Å². The molecule has 0 aromatic heterocycles. The highest BCUT2D eigenvalue weighted by molar-refractivity contribution is 6.01. The molecule has 2 aromatic rings. The van der Waals surface area contributed by atoms with Crippen LogP contribution in [0.5, 0.6) is 0 Å². The van der Waals surface area contributed by atoms with Crippen molar-refractivity contribution in [1.29, 1.82) is 0 Å². The van der Waals surface area contributed by atoms with Gasteiger partial charge in [0.15, 0.2) is 0 Å². The molecule has 3 nitrogen and oxygen atoms in total. The molecule has 1 heterocycles. The highest BCUT2D eigenvalue weighted by Crippen LogP contribution is 2.33. The van der Waals surface area contributed by atoms with Crippen LogP contribution in [0.4, 0.5) is 10.1 Å². The molecular weight excluding hydrogens is 267 g/mol. The summed E-state index contributed by atoms with van der Waals surface area (Å²) in [7, 11) is 0. The fourth-order valence-corrected chi connectivity index (χ4v) is 2.50. The van der Waals surface area contributed by atoms with Crippen LogP contribution in [-0.2, 0) is 0 Å². The maximum Gasteiger partial charge on any atom is 0.258 e. The molecule has 0 fully saturated rings. The summed E-state index contributed by atoms with van der Waals surface area (Å²) in [5, 5.41) is 3.19. The average Bonchev–Trinajstić information content (AvgIpc) is 2.51. The number of nitrogens with one attached hydrogen (secondary N) is 1. The van der Waals surface area contributed by atoms with Crippen molar-refractivity contribution in [2.24, 2.45) is 0 Å². The maximum absolute atomic E-state index is 14.1. The molecule has 0 spiro atoms. The lowest BCUT2D eigenvalue weighted by Gasteiger charge is -2.37. The van der Waals surface area contributed by atoms with Crippen molar-refractivity contribution in [1.82, 2.24) is 4.90 Å². The molecule has 1 unspecified atom stereocenters. The Morgan fingerprint density at radius 2 is 1.90 bits per heavy atom. The highest BCUT2D eigenvalue weighted by atomic mass is 19.1. The molecule has 2 aromatic carbocycles. The standard InChI is InChI=1S/C17H13FN2O/c1-2-11-20-16(12-7-3-5-9-14(12)18)19-15-10-6-4-8-13(15)17(20)21/h1,3-10,16,19H,11H2. The smallest absolute Gasteiger partial charge is 0.258 e. The van der Waals surface area contributed by atoms with Gasteiger partial charge in [-0.15, -0.1) is 6.42 Å². The zero-order valence-electron chi connectivity index (χ0n) is 11.2. The van der Waals surface area contributed by atoms with Crippen molar-refractivity contribution in [3.05, 3.63) is 65.5 Å². The Bertz CT molecular complexity index is 736. The van der Waals surface area contributed by atoms with Gasteiger partial charge in [0.1, 0.15) is 12.0 Å². The van der Waals surface area contributed by atoms with Crippen LogP contribution < -0.4 is 5.32 Å². The van der Waals surface area contributed by atoms with Crippen LogP contribution in [0.1, 0.15) is 22.1 Å². The number of carbonyl (C=O) groups is 1. The van der Waals surface area contributed by atoms with E-state index in [9.17, 15) is 9.18 Å². The van der Waals surface area contributed by atoms with Gasteiger partial charge in [-0.05, 0) is 18.2 Å². The van der Waals surface area contributed by atoms with Crippen LogP contribution in [0.25, 0.3) is 0 Å². The van der Waals surface area contributed by atoms with E-state index in [0.29, 0.717) is 16.8 Å². The van der Waals surface area contributed by atoms with E-state index < -0.39 is 6.17 Å². The number of carbonyl (C=O) groups excluding carboxylic acids is 1. The van der Waals surface area contributed by atoms with Gasteiger partial charge in [0, 0.05) is 11.3 Å². The molecule has 1 amide bonds. The summed E-state index contributed by atoms with van der Waals surface area (Å²) in [6, 6.07) is 13.5. The van der Waals surface area contributed by atoms with E-state index in [1.807, 2.05) is 6.07 Å². The van der Waals surface area contributed by atoms with E-state index in [0.717, 1.165) is 0 Å². The predicted octanol–water partition coefficient (Wildman–Crippen LogP) is 3.03. The van der Waals surface area contributed by atoms with Crippen LogP contribution in [0, 0.1) is 18.2 Å². The van der Waals surface area contributed by atoms with Gasteiger partial charge in [-0.2, -0.15) is 0 Å². The van der Waals surface area contributed by atoms with Gasteiger partial charge in [-0.25, -0.2) is 4.39 Å². The van der Waals surface area contributed by atoms with Crippen LogP contribution in [-0.4, -0.2) is 17.4 Å². The Morgan fingerprint density at radius 1 is 1.19 bits per heavy atom. The molecular formula is C17H13FN2O. The molecule has 4 heteroatoms.